The standard InChI is InChI=1S/C22H34N2O6S/c1-22(2,3)30-21(26)24-19(15-31(27,28)14-17-7-5-6-8-17)20(25)23-13-16-9-11-18(29-4)12-10-16/h9-12,17,19H,5-8,13-15H2,1-4H3,(H,23,25)(H,24,26)/t19-/m1/s1. The minimum absolute atomic E-state index is 0.0330. The van der Waals surface area contributed by atoms with Crippen LogP contribution in [0.25, 0.3) is 0 Å². The van der Waals surface area contributed by atoms with Crippen LogP contribution in [0.2, 0.25) is 0 Å². The van der Waals surface area contributed by atoms with Crippen LogP contribution in [-0.4, -0.2) is 50.7 Å². The van der Waals surface area contributed by atoms with Crippen molar-refractivity contribution < 1.29 is 27.5 Å². The van der Waals surface area contributed by atoms with Gasteiger partial charge >= 0.3 is 6.09 Å². The maximum absolute atomic E-state index is 12.8. The number of hydrogen-bond acceptors (Lipinski definition) is 6. The molecule has 0 spiro atoms. The molecule has 0 unspecified atom stereocenters. The summed E-state index contributed by atoms with van der Waals surface area (Å²) >= 11 is 0. The largest absolute Gasteiger partial charge is 0.497 e. The number of sulfone groups is 1. The van der Waals surface area contributed by atoms with Crippen LogP contribution < -0.4 is 15.4 Å². The van der Waals surface area contributed by atoms with Gasteiger partial charge in [0.05, 0.1) is 18.6 Å². The Kier molecular flexibility index (Phi) is 8.73. The van der Waals surface area contributed by atoms with E-state index in [1.807, 2.05) is 0 Å². The third kappa shape index (κ3) is 9.16. The van der Waals surface area contributed by atoms with E-state index in [-0.39, 0.29) is 18.2 Å². The predicted molar refractivity (Wildman–Crippen MR) is 119 cm³/mol. The van der Waals surface area contributed by atoms with Crippen molar-refractivity contribution in [2.24, 2.45) is 5.92 Å². The number of benzene rings is 1. The van der Waals surface area contributed by atoms with Crippen LogP contribution in [0.3, 0.4) is 0 Å². The third-order valence-electron chi connectivity index (χ3n) is 5.02. The molecule has 1 aliphatic carbocycles. The van der Waals surface area contributed by atoms with E-state index in [1.54, 1.807) is 52.1 Å². The summed E-state index contributed by atoms with van der Waals surface area (Å²) in [5, 5.41) is 5.14. The van der Waals surface area contributed by atoms with Gasteiger partial charge in [-0.1, -0.05) is 25.0 Å². The second kappa shape index (κ2) is 10.8. The van der Waals surface area contributed by atoms with Crippen molar-refractivity contribution in [3.8, 4) is 5.75 Å². The summed E-state index contributed by atoms with van der Waals surface area (Å²) in [5.74, 6) is -0.189. The Morgan fingerprint density at radius 3 is 2.29 bits per heavy atom. The summed E-state index contributed by atoms with van der Waals surface area (Å²) in [6.07, 6.45) is 3.00. The molecule has 8 nitrogen and oxygen atoms in total. The van der Waals surface area contributed by atoms with Crippen molar-refractivity contribution in [3.63, 3.8) is 0 Å². The summed E-state index contributed by atoms with van der Waals surface area (Å²) in [4.78, 5) is 25.0. The van der Waals surface area contributed by atoms with Gasteiger partial charge in [0.25, 0.3) is 0 Å². The number of rotatable bonds is 9. The van der Waals surface area contributed by atoms with Crippen LogP contribution in [-0.2, 0) is 25.9 Å². The van der Waals surface area contributed by atoms with Gasteiger partial charge in [-0.25, -0.2) is 13.2 Å². The second-order valence-corrected chi connectivity index (χ2v) is 11.1. The highest BCUT2D eigenvalue weighted by Gasteiger charge is 2.31. The highest BCUT2D eigenvalue weighted by Crippen LogP contribution is 2.26. The van der Waals surface area contributed by atoms with Crippen molar-refractivity contribution in [2.45, 2.75) is 64.6 Å². The summed E-state index contributed by atoms with van der Waals surface area (Å²) in [5.41, 5.74) is 0.0516. The van der Waals surface area contributed by atoms with Crippen LogP contribution in [0.15, 0.2) is 24.3 Å². The van der Waals surface area contributed by atoms with Crippen molar-refractivity contribution in [1.82, 2.24) is 10.6 Å². The number of alkyl carbamates (subject to hydrolysis) is 1. The summed E-state index contributed by atoms with van der Waals surface area (Å²) in [7, 11) is -1.97. The first-order valence-electron chi connectivity index (χ1n) is 10.6. The van der Waals surface area contributed by atoms with Crippen LogP contribution in [0, 0.1) is 5.92 Å². The Morgan fingerprint density at radius 1 is 1.13 bits per heavy atom. The Balaban J connectivity index is 2.05. The first kappa shape index (κ1) is 25.0. The first-order chi connectivity index (χ1) is 14.5. The van der Waals surface area contributed by atoms with E-state index in [9.17, 15) is 18.0 Å². The van der Waals surface area contributed by atoms with E-state index in [0.717, 1.165) is 31.2 Å². The van der Waals surface area contributed by atoms with Crippen molar-refractivity contribution in [3.05, 3.63) is 29.8 Å². The lowest BCUT2D eigenvalue weighted by Crippen LogP contribution is -2.51. The molecule has 1 fully saturated rings. The molecule has 174 valence electrons. The molecule has 1 aromatic rings. The van der Waals surface area contributed by atoms with Crippen LogP contribution >= 0.6 is 0 Å². The van der Waals surface area contributed by atoms with Crippen molar-refractivity contribution in [2.75, 3.05) is 18.6 Å². The molecule has 31 heavy (non-hydrogen) atoms. The third-order valence-corrected chi connectivity index (χ3v) is 6.84. The van der Waals surface area contributed by atoms with Crippen LogP contribution in [0.4, 0.5) is 4.79 Å². The highest BCUT2D eigenvalue weighted by atomic mass is 32.2. The number of hydrogen-bond donors (Lipinski definition) is 2. The zero-order valence-electron chi connectivity index (χ0n) is 18.8. The zero-order chi connectivity index (χ0) is 23.1. The average molecular weight is 455 g/mol. The molecule has 9 heteroatoms. The molecule has 2 amide bonds. The van der Waals surface area contributed by atoms with E-state index < -0.39 is 39.2 Å². The van der Waals surface area contributed by atoms with Gasteiger partial charge in [-0.2, -0.15) is 0 Å². The Bertz CT molecular complexity index is 840. The van der Waals surface area contributed by atoms with E-state index in [1.165, 1.54) is 0 Å². The molecule has 1 aliphatic rings. The molecule has 1 atom stereocenters. The molecular formula is C22H34N2O6S. The van der Waals surface area contributed by atoms with Gasteiger partial charge < -0.3 is 20.1 Å². The Morgan fingerprint density at radius 2 is 1.74 bits per heavy atom. The summed E-state index contributed by atoms with van der Waals surface area (Å²) < 4.78 is 35.8. The molecule has 2 rings (SSSR count). The number of nitrogens with one attached hydrogen (secondary N) is 2. The van der Waals surface area contributed by atoms with Gasteiger partial charge in [-0.3, -0.25) is 4.79 Å². The molecule has 0 aliphatic heterocycles. The first-order valence-corrected chi connectivity index (χ1v) is 12.4. The van der Waals surface area contributed by atoms with E-state index >= 15 is 0 Å². The predicted octanol–water partition coefficient (Wildman–Crippen LogP) is 2.81. The molecular weight excluding hydrogens is 420 g/mol. The van der Waals surface area contributed by atoms with Gasteiger partial charge in [0.2, 0.25) is 5.91 Å². The minimum Gasteiger partial charge on any atom is -0.497 e. The fourth-order valence-corrected chi connectivity index (χ4v) is 5.48. The number of carbonyl (C=O) groups excluding carboxylic acids is 2. The van der Waals surface area contributed by atoms with Gasteiger partial charge in [-0.15, -0.1) is 0 Å². The average Bonchev–Trinajstić information content (AvgIpc) is 3.16. The number of carbonyl (C=O) groups is 2. The van der Waals surface area contributed by atoms with Crippen molar-refractivity contribution >= 4 is 21.8 Å². The lowest BCUT2D eigenvalue weighted by atomic mass is 10.1. The zero-order valence-corrected chi connectivity index (χ0v) is 19.6. The number of ether oxygens (including phenoxy) is 2. The molecule has 1 saturated carbocycles. The van der Waals surface area contributed by atoms with Gasteiger partial charge in [0.15, 0.2) is 9.84 Å². The normalized spacial score (nSPS) is 15.9. The fraction of sp³-hybridized carbons (Fsp3) is 0.636. The Labute approximate surface area is 185 Å². The monoisotopic (exact) mass is 454 g/mol. The summed E-state index contributed by atoms with van der Waals surface area (Å²) in [6.45, 7) is 5.28. The fourth-order valence-electron chi connectivity index (χ4n) is 3.55. The van der Waals surface area contributed by atoms with E-state index in [4.69, 9.17) is 9.47 Å². The lowest BCUT2D eigenvalue weighted by Gasteiger charge is -2.23. The maximum atomic E-state index is 12.8. The molecule has 0 saturated heterocycles. The molecule has 2 N–H and O–H groups in total. The van der Waals surface area contributed by atoms with Gasteiger partial charge in [0.1, 0.15) is 17.4 Å². The highest BCUT2D eigenvalue weighted by molar-refractivity contribution is 7.91. The second-order valence-electron chi connectivity index (χ2n) is 8.99. The minimum atomic E-state index is -3.54. The summed E-state index contributed by atoms with van der Waals surface area (Å²) in [6, 6.07) is 5.89. The van der Waals surface area contributed by atoms with Crippen LogP contribution in [0.1, 0.15) is 52.0 Å². The quantitative estimate of drug-likeness (QED) is 0.594. The van der Waals surface area contributed by atoms with E-state index in [2.05, 4.69) is 10.6 Å². The number of methoxy groups -OCH3 is 1. The van der Waals surface area contributed by atoms with E-state index in [0.29, 0.717) is 5.75 Å². The lowest BCUT2D eigenvalue weighted by molar-refractivity contribution is -0.122. The topological polar surface area (TPSA) is 111 Å². The number of amides is 2. The molecule has 0 aromatic heterocycles. The Hall–Kier alpha value is -2.29. The maximum Gasteiger partial charge on any atom is 0.408 e. The molecule has 0 heterocycles. The van der Waals surface area contributed by atoms with Gasteiger partial charge in [-0.05, 0) is 57.2 Å². The smallest absolute Gasteiger partial charge is 0.408 e. The van der Waals surface area contributed by atoms with Crippen molar-refractivity contribution in [1.29, 1.82) is 0 Å². The molecule has 1 aromatic carbocycles. The van der Waals surface area contributed by atoms with Gasteiger partial charge in [0, 0.05) is 6.54 Å². The van der Waals surface area contributed by atoms with Crippen LogP contribution in [0.5, 0.6) is 5.75 Å². The molecule has 0 bridgehead atoms. The molecule has 0 radical (unpaired) electrons. The SMILES string of the molecule is COc1ccc(CNC(=O)[C@@H](CS(=O)(=O)CC2CCCC2)NC(=O)OC(C)(C)C)cc1.